The zero-order chi connectivity index (χ0) is 13.8. The van der Waals surface area contributed by atoms with Crippen LogP contribution in [0.1, 0.15) is 26.2 Å². The van der Waals surface area contributed by atoms with Crippen LogP contribution in [0.5, 0.6) is 0 Å². The average molecular weight is 366 g/mol. The first-order valence-electron chi connectivity index (χ1n) is 6.75. The molecule has 106 valence electrons. The van der Waals surface area contributed by atoms with Crippen LogP contribution >= 0.6 is 39.1 Å². The molecular formula is C14H19BrCl2N2. The van der Waals surface area contributed by atoms with Crippen LogP contribution in [-0.2, 0) is 0 Å². The van der Waals surface area contributed by atoms with Crippen molar-refractivity contribution >= 4 is 44.8 Å². The molecule has 0 aromatic heterocycles. The summed E-state index contributed by atoms with van der Waals surface area (Å²) < 4.78 is 0.848. The van der Waals surface area contributed by atoms with Gasteiger partial charge in [-0.15, -0.1) is 0 Å². The average Bonchev–Trinajstić information content (AvgIpc) is 2.43. The number of nitrogens with one attached hydrogen (secondary N) is 1. The van der Waals surface area contributed by atoms with Crippen molar-refractivity contribution in [3.8, 4) is 0 Å². The fourth-order valence-corrected chi connectivity index (χ4v) is 3.36. The molecule has 1 unspecified atom stereocenters. The monoisotopic (exact) mass is 364 g/mol. The standard InChI is InChI=1S/C14H19BrCl2N2/c1-2-7-18-10-4-3-8-19(9-10)12-6-5-11(15)13(16)14(12)17/h5-6,10,18H,2-4,7-9H2,1H3. The second-order valence-electron chi connectivity index (χ2n) is 4.93. The molecule has 0 bridgehead atoms. The van der Waals surface area contributed by atoms with Crippen molar-refractivity contribution in [1.29, 1.82) is 0 Å². The molecule has 1 N–H and O–H groups in total. The molecule has 0 radical (unpaired) electrons. The first kappa shape index (κ1) is 15.4. The van der Waals surface area contributed by atoms with Crippen molar-refractivity contribution in [3.05, 3.63) is 26.7 Å². The molecule has 1 atom stereocenters. The minimum atomic E-state index is 0.548. The van der Waals surface area contributed by atoms with E-state index in [1.54, 1.807) is 0 Å². The predicted octanol–water partition coefficient (Wildman–Crippen LogP) is 4.72. The van der Waals surface area contributed by atoms with E-state index < -0.39 is 0 Å². The van der Waals surface area contributed by atoms with Crippen LogP contribution in [0.2, 0.25) is 10.0 Å². The number of benzene rings is 1. The Kier molecular flexibility index (Phi) is 5.82. The highest BCUT2D eigenvalue weighted by Crippen LogP contribution is 2.38. The van der Waals surface area contributed by atoms with Gasteiger partial charge in [-0.3, -0.25) is 0 Å². The van der Waals surface area contributed by atoms with Gasteiger partial charge in [-0.25, -0.2) is 0 Å². The van der Waals surface area contributed by atoms with Crippen LogP contribution in [0, 0.1) is 0 Å². The third-order valence-corrected chi connectivity index (χ3v) is 5.22. The Morgan fingerprint density at radius 1 is 1.37 bits per heavy atom. The number of halogens is 3. The number of piperidine rings is 1. The third-order valence-electron chi connectivity index (χ3n) is 3.46. The second-order valence-corrected chi connectivity index (χ2v) is 6.54. The van der Waals surface area contributed by atoms with Crippen LogP contribution in [0.4, 0.5) is 5.69 Å². The molecule has 0 spiro atoms. The molecule has 1 saturated heterocycles. The van der Waals surface area contributed by atoms with Crippen molar-refractivity contribution in [2.45, 2.75) is 32.2 Å². The van der Waals surface area contributed by atoms with E-state index in [0.29, 0.717) is 16.1 Å². The lowest BCUT2D eigenvalue weighted by Gasteiger charge is -2.35. The van der Waals surface area contributed by atoms with Gasteiger partial charge < -0.3 is 10.2 Å². The minimum absolute atomic E-state index is 0.548. The highest BCUT2D eigenvalue weighted by atomic mass is 79.9. The van der Waals surface area contributed by atoms with Crippen LogP contribution in [0.3, 0.4) is 0 Å². The van der Waals surface area contributed by atoms with E-state index in [2.05, 4.69) is 33.1 Å². The van der Waals surface area contributed by atoms with E-state index in [1.165, 1.54) is 19.3 Å². The van der Waals surface area contributed by atoms with Crippen LogP contribution < -0.4 is 10.2 Å². The minimum Gasteiger partial charge on any atom is -0.369 e. The van der Waals surface area contributed by atoms with Crippen molar-refractivity contribution < 1.29 is 0 Å². The quantitative estimate of drug-likeness (QED) is 0.776. The Bertz CT molecular complexity index is 440. The molecule has 0 aliphatic carbocycles. The molecule has 0 amide bonds. The van der Waals surface area contributed by atoms with Crippen LogP contribution in [0.25, 0.3) is 0 Å². The SMILES string of the molecule is CCCNC1CCCN(c2ccc(Br)c(Cl)c2Cl)C1. The summed E-state index contributed by atoms with van der Waals surface area (Å²) in [5.41, 5.74) is 1.04. The lowest BCUT2D eigenvalue weighted by atomic mass is 10.0. The summed E-state index contributed by atoms with van der Waals surface area (Å²) in [6, 6.07) is 4.56. The Labute approximate surface area is 133 Å². The summed E-state index contributed by atoms with van der Waals surface area (Å²) in [4.78, 5) is 2.33. The van der Waals surface area contributed by atoms with Gasteiger partial charge in [-0.2, -0.15) is 0 Å². The number of hydrogen-bond donors (Lipinski definition) is 1. The molecule has 2 nitrogen and oxygen atoms in total. The van der Waals surface area contributed by atoms with Gasteiger partial charge in [0.05, 0.1) is 15.7 Å². The Morgan fingerprint density at radius 3 is 2.89 bits per heavy atom. The zero-order valence-electron chi connectivity index (χ0n) is 11.1. The fraction of sp³-hybridized carbons (Fsp3) is 0.571. The highest BCUT2D eigenvalue weighted by Gasteiger charge is 2.22. The summed E-state index contributed by atoms with van der Waals surface area (Å²) in [5.74, 6) is 0. The van der Waals surface area contributed by atoms with E-state index in [-0.39, 0.29) is 0 Å². The van der Waals surface area contributed by atoms with Crippen molar-refractivity contribution in [1.82, 2.24) is 5.32 Å². The molecule has 1 aromatic carbocycles. The number of anilines is 1. The van der Waals surface area contributed by atoms with E-state index in [9.17, 15) is 0 Å². The van der Waals surface area contributed by atoms with Gasteiger partial charge >= 0.3 is 0 Å². The summed E-state index contributed by atoms with van der Waals surface area (Å²) in [6.45, 7) is 5.31. The largest absolute Gasteiger partial charge is 0.369 e. The second kappa shape index (κ2) is 7.16. The van der Waals surface area contributed by atoms with Crippen molar-refractivity contribution in [2.75, 3.05) is 24.5 Å². The maximum Gasteiger partial charge on any atom is 0.0837 e. The topological polar surface area (TPSA) is 15.3 Å². The molecule has 1 aliphatic heterocycles. The molecule has 1 fully saturated rings. The summed E-state index contributed by atoms with van der Waals surface area (Å²) in [6.07, 6.45) is 3.59. The molecule has 0 saturated carbocycles. The molecule has 19 heavy (non-hydrogen) atoms. The third kappa shape index (κ3) is 3.78. The normalized spacial score (nSPS) is 19.8. The molecule has 1 heterocycles. The lowest BCUT2D eigenvalue weighted by Crippen LogP contribution is -2.46. The van der Waals surface area contributed by atoms with Gasteiger partial charge in [-0.1, -0.05) is 30.1 Å². The van der Waals surface area contributed by atoms with Crippen molar-refractivity contribution in [3.63, 3.8) is 0 Å². The zero-order valence-corrected chi connectivity index (χ0v) is 14.2. The molecule has 5 heteroatoms. The molecule has 2 rings (SSSR count). The van der Waals surface area contributed by atoms with E-state index in [0.717, 1.165) is 29.8 Å². The van der Waals surface area contributed by atoms with Crippen molar-refractivity contribution in [2.24, 2.45) is 0 Å². The smallest absolute Gasteiger partial charge is 0.0837 e. The van der Waals surface area contributed by atoms with Gasteiger partial charge in [0.15, 0.2) is 0 Å². The van der Waals surface area contributed by atoms with Gasteiger partial charge in [0.2, 0.25) is 0 Å². The number of hydrogen-bond acceptors (Lipinski definition) is 2. The predicted molar refractivity (Wildman–Crippen MR) is 87.7 cm³/mol. The molecule has 1 aromatic rings. The van der Waals surface area contributed by atoms with Crippen LogP contribution in [-0.4, -0.2) is 25.7 Å². The van der Waals surface area contributed by atoms with Gasteiger partial charge in [0.25, 0.3) is 0 Å². The fourth-order valence-electron chi connectivity index (χ4n) is 2.47. The lowest BCUT2D eigenvalue weighted by molar-refractivity contribution is 0.423. The van der Waals surface area contributed by atoms with E-state index in [4.69, 9.17) is 23.2 Å². The van der Waals surface area contributed by atoms with E-state index >= 15 is 0 Å². The molecule has 1 aliphatic rings. The van der Waals surface area contributed by atoms with Gasteiger partial charge in [0.1, 0.15) is 0 Å². The summed E-state index contributed by atoms with van der Waals surface area (Å²) >= 11 is 16.0. The Morgan fingerprint density at radius 2 is 2.16 bits per heavy atom. The van der Waals surface area contributed by atoms with E-state index in [1.807, 2.05) is 12.1 Å². The van der Waals surface area contributed by atoms with Gasteiger partial charge in [0, 0.05) is 23.6 Å². The Balaban J connectivity index is 2.11. The summed E-state index contributed by atoms with van der Waals surface area (Å²) in [5, 5.41) is 4.83. The first-order valence-corrected chi connectivity index (χ1v) is 8.30. The maximum absolute atomic E-state index is 6.36. The number of nitrogens with zero attached hydrogens (tertiary/aromatic N) is 1. The van der Waals surface area contributed by atoms with Gasteiger partial charge in [-0.05, 0) is 53.9 Å². The maximum atomic E-state index is 6.36. The Hall–Kier alpha value is 0.0400. The highest BCUT2D eigenvalue weighted by molar-refractivity contribution is 9.10. The molecular weight excluding hydrogens is 347 g/mol. The summed E-state index contributed by atoms with van der Waals surface area (Å²) in [7, 11) is 0. The van der Waals surface area contributed by atoms with Crippen LogP contribution in [0.15, 0.2) is 16.6 Å². The number of rotatable bonds is 4. The first-order chi connectivity index (χ1) is 9.13.